The van der Waals surface area contributed by atoms with Gasteiger partial charge in [0.25, 0.3) is 11.5 Å². The first-order chi connectivity index (χ1) is 19.4. The molecule has 0 fully saturated rings. The van der Waals surface area contributed by atoms with Crippen molar-refractivity contribution in [1.29, 1.82) is 0 Å². The fraction of sp³-hybridized carbons (Fsp3) is 0.242. The van der Waals surface area contributed by atoms with Crippen LogP contribution in [0.2, 0.25) is 5.02 Å². The van der Waals surface area contributed by atoms with Gasteiger partial charge in [0.2, 0.25) is 0 Å². The largest absolute Gasteiger partial charge is 0.327 e. The van der Waals surface area contributed by atoms with Crippen LogP contribution in [0.15, 0.2) is 95.8 Å². The second-order valence-electron chi connectivity index (χ2n) is 10.3. The number of halogens is 1. The Balaban J connectivity index is 1.70. The predicted molar refractivity (Wildman–Crippen MR) is 163 cm³/mol. The van der Waals surface area contributed by atoms with Crippen molar-refractivity contribution in [3.63, 3.8) is 0 Å². The zero-order valence-corrected chi connectivity index (χ0v) is 23.8. The van der Waals surface area contributed by atoms with Gasteiger partial charge >= 0.3 is 0 Å². The fourth-order valence-corrected chi connectivity index (χ4v) is 5.37. The molecule has 5 aromatic rings. The topological polar surface area (TPSA) is 58.4 Å². The van der Waals surface area contributed by atoms with Crippen LogP contribution < -0.4 is 5.56 Å². The molecule has 6 nitrogen and oxygen atoms in total. The van der Waals surface area contributed by atoms with Crippen LogP contribution in [0.25, 0.3) is 21.7 Å². The van der Waals surface area contributed by atoms with Gasteiger partial charge in [-0.15, -0.1) is 0 Å². The van der Waals surface area contributed by atoms with E-state index in [1.807, 2.05) is 98.7 Å². The number of hydrogen-bond donors (Lipinski definition) is 0. The molecule has 1 aromatic heterocycles. The minimum absolute atomic E-state index is 0.0859. The van der Waals surface area contributed by atoms with Gasteiger partial charge in [0, 0.05) is 23.7 Å². The van der Waals surface area contributed by atoms with Crippen LogP contribution in [-0.2, 0) is 6.54 Å². The standard InChI is InChI=1S/C33H33ClN4O2/c1-4-30(37(20-19-36(2)3)32(39)27-16-10-14-24-13-8-9-15-26(24)27)31-35-29-21-25(34)17-18-28(29)33(40)38(31)22-23-11-6-5-7-12-23/h5-18,21,30H,4,19-20,22H2,1-3H3. The maximum Gasteiger partial charge on any atom is 0.261 e. The minimum atomic E-state index is -0.439. The highest BCUT2D eigenvalue weighted by molar-refractivity contribution is 6.31. The van der Waals surface area contributed by atoms with E-state index in [0.29, 0.717) is 53.4 Å². The second-order valence-corrected chi connectivity index (χ2v) is 10.7. The van der Waals surface area contributed by atoms with Crippen molar-refractivity contribution >= 4 is 39.2 Å². The highest BCUT2D eigenvalue weighted by Crippen LogP contribution is 2.29. The van der Waals surface area contributed by atoms with E-state index in [2.05, 4.69) is 4.90 Å². The molecule has 7 heteroatoms. The Labute approximate surface area is 239 Å². The maximum absolute atomic E-state index is 14.4. The fourth-order valence-electron chi connectivity index (χ4n) is 5.20. The highest BCUT2D eigenvalue weighted by Gasteiger charge is 2.30. The van der Waals surface area contributed by atoms with E-state index < -0.39 is 6.04 Å². The number of amides is 1. The molecule has 0 aliphatic carbocycles. The van der Waals surface area contributed by atoms with Gasteiger partial charge in [0.15, 0.2) is 0 Å². The lowest BCUT2D eigenvalue weighted by atomic mass is 10.0. The molecule has 204 valence electrons. The summed E-state index contributed by atoms with van der Waals surface area (Å²) in [4.78, 5) is 37.3. The molecule has 0 spiro atoms. The summed E-state index contributed by atoms with van der Waals surface area (Å²) in [5.41, 5.74) is 2.00. The van der Waals surface area contributed by atoms with Crippen molar-refractivity contribution in [2.24, 2.45) is 0 Å². The average Bonchev–Trinajstić information content (AvgIpc) is 2.96. The van der Waals surface area contributed by atoms with Gasteiger partial charge in [-0.3, -0.25) is 14.2 Å². The molecular formula is C33H33ClN4O2. The van der Waals surface area contributed by atoms with E-state index in [4.69, 9.17) is 16.6 Å². The molecule has 5 rings (SSSR count). The number of rotatable bonds is 9. The third kappa shape index (κ3) is 5.64. The zero-order valence-electron chi connectivity index (χ0n) is 23.0. The van der Waals surface area contributed by atoms with E-state index >= 15 is 0 Å². The highest BCUT2D eigenvalue weighted by atomic mass is 35.5. The molecule has 0 saturated heterocycles. The molecule has 0 N–H and O–H groups in total. The quantitative estimate of drug-likeness (QED) is 0.212. The summed E-state index contributed by atoms with van der Waals surface area (Å²) in [5.74, 6) is 0.468. The van der Waals surface area contributed by atoms with Crippen molar-refractivity contribution in [2.45, 2.75) is 25.9 Å². The van der Waals surface area contributed by atoms with Gasteiger partial charge < -0.3 is 9.80 Å². The maximum atomic E-state index is 14.4. The van der Waals surface area contributed by atoms with E-state index in [1.165, 1.54) is 0 Å². The predicted octanol–water partition coefficient (Wildman–Crippen LogP) is 6.41. The van der Waals surface area contributed by atoms with Crippen molar-refractivity contribution < 1.29 is 4.79 Å². The molecule has 0 saturated carbocycles. The summed E-state index contributed by atoms with van der Waals surface area (Å²) < 4.78 is 1.72. The molecule has 1 atom stereocenters. The van der Waals surface area contributed by atoms with Crippen molar-refractivity contribution in [2.75, 3.05) is 27.2 Å². The normalized spacial score (nSPS) is 12.2. The van der Waals surface area contributed by atoms with Gasteiger partial charge in [-0.25, -0.2) is 4.98 Å². The third-order valence-electron chi connectivity index (χ3n) is 7.26. The first kappa shape index (κ1) is 27.6. The smallest absolute Gasteiger partial charge is 0.261 e. The van der Waals surface area contributed by atoms with Crippen LogP contribution in [0.5, 0.6) is 0 Å². The lowest BCUT2D eigenvalue weighted by Crippen LogP contribution is -2.42. The number of nitrogens with zero attached hydrogens (tertiary/aromatic N) is 4. The number of likely N-dealkylation sites (N-methyl/N-ethyl adjacent to an activating group) is 1. The number of fused-ring (bicyclic) bond motifs is 2. The summed E-state index contributed by atoms with van der Waals surface area (Å²) >= 11 is 6.32. The van der Waals surface area contributed by atoms with Crippen molar-refractivity contribution in [1.82, 2.24) is 19.4 Å². The van der Waals surface area contributed by atoms with Crippen molar-refractivity contribution in [3.05, 3.63) is 123 Å². The van der Waals surface area contributed by atoms with Crippen LogP contribution in [0.3, 0.4) is 0 Å². The van der Waals surface area contributed by atoms with Gasteiger partial charge in [-0.2, -0.15) is 0 Å². The van der Waals surface area contributed by atoms with E-state index in [-0.39, 0.29) is 11.5 Å². The summed E-state index contributed by atoms with van der Waals surface area (Å²) in [6.07, 6.45) is 0.581. The Kier molecular flexibility index (Phi) is 8.29. The molecule has 0 bridgehead atoms. The van der Waals surface area contributed by atoms with Crippen LogP contribution in [-0.4, -0.2) is 52.4 Å². The number of benzene rings is 4. The molecule has 40 heavy (non-hydrogen) atoms. The van der Waals surface area contributed by atoms with Gasteiger partial charge in [0.1, 0.15) is 5.82 Å². The first-order valence-electron chi connectivity index (χ1n) is 13.5. The van der Waals surface area contributed by atoms with Crippen molar-refractivity contribution in [3.8, 4) is 0 Å². The van der Waals surface area contributed by atoms with Crippen LogP contribution in [0.1, 0.15) is 41.1 Å². The molecule has 1 unspecified atom stereocenters. The van der Waals surface area contributed by atoms with Gasteiger partial charge in [-0.1, -0.05) is 85.3 Å². The number of carbonyl (C=O) groups excluding carboxylic acids is 1. The monoisotopic (exact) mass is 552 g/mol. The Morgan fingerprint density at radius 3 is 2.38 bits per heavy atom. The lowest BCUT2D eigenvalue weighted by molar-refractivity contribution is 0.0644. The van der Waals surface area contributed by atoms with E-state index in [1.54, 1.807) is 22.8 Å². The Morgan fingerprint density at radius 2 is 1.62 bits per heavy atom. The summed E-state index contributed by atoms with van der Waals surface area (Å²) in [6, 6.07) is 28.3. The molecule has 1 heterocycles. The summed E-state index contributed by atoms with van der Waals surface area (Å²) in [6.45, 7) is 3.52. The molecule has 1 amide bonds. The minimum Gasteiger partial charge on any atom is -0.327 e. The second kappa shape index (κ2) is 12.0. The molecule has 0 aliphatic heterocycles. The molecule has 0 aliphatic rings. The molecular weight excluding hydrogens is 520 g/mol. The first-order valence-corrected chi connectivity index (χ1v) is 13.9. The Hall–Kier alpha value is -4.00. The zero-order chi connectivity index (χ0) is 28.2. The summed E-state index contributed by atoms with van der Waals surface area (Å²) in [7, 11) is 3.98. The third-order valence-corrected chi connectivity index (χ3v) is 7.50. The van der Waals surface area contributed by atoms with E-state index in [9.17, 15) is 9.59 Å². The number of hydrogen-bond acceptors (Lipinski definition) is 4. The number of carbonyl (C=O) groups is 1. The van der Waals surface area contributed by atoms with Gasteiger partial charge in [-0.05, 0) is 61.1 Å². The number of aromatic nitrogens is 2. The Bertz CT molecular complexity index is 1710. The van der Waals surface area contributed by atoms with Crippen LogP contribution in [0, 0.1) is 0 Å². The van der Waals surface area contributed by atoms with Crippen LogP contribution >= 0.6 is 11.6 Å². The van der Waals surface area contributed by atoms with Gasteiger partial charge in [0.05, 0.1) is 23.5 Å². The molecule has 0 radical (unpaired) electrons. The lowest BCUT2D eigenvalue weighted by Gasteiger charge is -2.33. The summed E-state index contributed by atoms with van der Waals surface area (Å²) in [5, 5.41) is 2.92. The Morgan fingerprint density at radius 1 is 0.900 bits per heavy atom. The SMILES string of the molecule is CCC(c1nc2cc(Cl)ccc2c(=O)n1Cc1ccccc1)N(CCN(C)C)C(=O)c1cccc2ccccc12. The van der Waals surface area contributed by atoms with Crippen LogP contribution in [0.4, 0.5) is 0 Å². The molecule has 4 aromatic carbocycles. The average molecular weight is 553 g/mol. The van der Waals surface area contributed by atoms with E-state index in [0.717, 1.165) is 16.3 Å².